The van der Waals surface area contributed by atoms with Gasteiger partial charge in [0.15, 0.2) is 0 Å². The number of pyridine rings is 1. The molecular weight excluding hydrogens is 268 g/mol. The molecule has 2 aromatic heterocycles. The van der Waals surface area contributed by atoms with Gasteiger partial charge in [-0.25, -0.2) is 4.79 Å². The van der Waals surface area contributed by atoms with Crippen molar-refractivity contribution in [1.82, 2.24) is 19.7 Å². The molecule has 1 unspecified atom stereocenters. The van der Waals surface area contributed by atoms with E-state index in [2.05, 4.69) is 10.1 Å². The van der Waals surface area contributed by atoms with Gasteiger partial charge in [-0.15, -0.1) is 0 Å². The molecule has 21 heavy (non-hydrogen) atoms. The van der Waals surface area contributed by atoms with E-state index in [0.29, 0.717) is 13.1 Å². The van der Waals surface area contributed by atoms with Crippen LogP contribution in [0.3, 0.4) is 0 Å². The first-order chi connectivity index (χ1) is 10.0. The predicted octanol–water partition coefficient (Wildman–Crippen LogP) is 2.26. The molecule has 6 nitrogen and oxygen atoms in total. The first-order valence-electron chi connectivity index (χ1n) is 6.99. The predicted molar refractivity (Wildman–Crippen MR) is 78.1 cm³/mol. The summed E-state index contributed by atoms with van der Waals surface area (Å²) in [6, 6.07) is 4.00. The fraction of sp³-hybridized carbons (Fsp3) is 0.400. The summed E-state index contributed by atoms with van der Waals surface area (Å²) in [6.45, 7) is 3.06. The summed E-state index contributed by atoms with van der Waals surface area (Å²) in [4.78, 5) is 16.9. The summed E-state index contributed by atoms with van der Waals surface area (Å²) >= 11 is 0. The van der Waals surface area contributed by atoms with Gasteiger partial charge in [0.05, 0.1) is 5.69 Å². The average molecular weight is 286 g/mol. The SMILES string of the molecule is Cc1cc(-c2ccn(C)n2)c(C2CCN(C(=O)O)C2)cn1. The molecule has 110 valence electrons. The van der Waals surface area contributed by atoms with Crippen LogP contribution in [-0.2, 0) is 7.05 Å². The molecule has 1 aliphatic heterocycles. The Morgan fingerprint density at radius 3 is 2.90 bits per heavy atom. The molecule has 1 N–H and O–H groups in total. The van der Waals surface area contributed by atoms with Crippen LogP contribution in [0.15, 0.2) is 24.5 Å². The highest BCUT2D eigenvalue weighted by Gasteiger charge is 2.29. The Balaban J connectivity index is 1.98. The van der Waals surface area contributed by atoms with Crippen LogP contribution in [0.25, 0.3) is 11.3 Å². The fourth-order valence-corrected chi connectivity index (χ4v) is 2.86. The minimum absolute atomic E-state index is 0.186. The van der Waals surface area contributed by atoms with E-state index in [-0.39, 0.29) is 5.92 Å². The first kappa shape index (κ1) is 13.6. The van der Waals surface area contributed by atoms with E-state index in [4.69, 9.17) is 5.11 Å². The molecule has 3 rings (SSSR count). The lowest BCUT2D eigenvalue weighted by molar-refractivity contribution is 0.155. The van der Waals surface area contributed by atoms with Gasteiger partial charge in [-0.2, -0.15) is 5.10 Å². The third-order valence-corrected chi connectivity index (χ3v) is 3.96. The molecule has 0 bridgehead atoms. The summed E-state index contributed by atoms with van der Waals surface area (Å²) < 4.78 is 1.77. The molecule has 6 heteroatoms. The van der Waals surface area contributed by atoms with Gasteiger partial charge in [0.1, 0.15) is 0 Å². The molecule has 0 aliphatic carbocycles. The minimum Gasteiger partial charge on any atom is -0.465 e. The number of aromatic nitrogens is 3. The highest BCUT2D eigenvalue weighted by molar-refractivity contribution is 5.67. The molecular formula is C15H18N4O2. The van der Waals surface area contributed by atoms with Crippen molar-refractivity contribution in [2.75, 3.05) is 13.1 Å². The summed E-state index contributed by atoms with van der Waals surface area (Å²) in [5, 5.41) is 13.6. The van der Waals surface area contributed by atoms with Crippen LogP contribution < -0.4 is 0 Å². The Kier molecular flexibility index (Phi) is 3.37. The summed E-state index contributed by atoms with van der Waals surface area (Å²) in [5.41, 5.74) is 3.99. The second-order valence-electron chi connectivity index (χ2n) is 5.50. The van der Waals surface area contributed by atoms with Gasteiger partial charge in [0, 0.05) is 49.7 Å². The standard InChI is InChI=1S/C15H18N4O2/c1-10-7-12(14-4-5-18(2)17-14)13(8-16-10)11-3-6-19(9-11)15(20)21/h4-5,7-8,11H,3,6,9H2,1-2H3,(H,20,21). The Morgan fingerprint density at radius 2 is 2.29 bits per heavy atom. The number of rotatable bonds is 2. The van der Waals surface area contributed by atoms with Crippen LogP contribution in [0.1, 0.15) is 23.6 Å². The van der Waals surface area contributed by atoms with E-state index in [1.807, 2.05) is 38.5 Å². The monoisotopic (exact) mass is 286 g/mol. The van der Waals surface area contributed by atoms with Crippen molar-refractivity contribution in [1.29, 1.82) is 0 Å². The lowest BCUT2D eigenvalue weighted by Gasteiger charge is -2.15. The Morgan fingerprint density at radius 1 is 1.48 bits per heavy atom. The van der Waals surface area contributed by atoms with E-state index < -0.39 is 6.09 Å². The zero-order valence-electron chi connectivity index (χ0n) is 12.2. The van der Waals surface area contributed by atoms with Gasteiger partial charge in [0.25, 0.3) is 0 Å². The number of hydrogen-bond acceptors (Lipinski definition) is 3. The fourth-order valence-electron chi connectivity index (χ4n) is 2.86. The van der Waals surface area contributed by atoms with Crippen molar-refractivity contribution >= 4 is 6.09 Å². The van der Waals surface area contributed by atoms with E-state index >= 15 is 0 Å². The lowest BCUT2D eigenvalue weighted by atomic mass is 9.93. The minimum atomic E-state index is -0.850. The van der Waals surface area contributed by atoms with Crippen molar-refractivity contribution in [3.8, 4) is 11.3 Å². The maximum Gasteiger partial charge on any atom is 0.407 e. The van der Waals surface area contributed by atoms with Gasteiger partial charge >= 0.3 is 6.09 Å². The van der Waals surface area contributed by atoms with Crippen LogP contribution in [0.5, 0.6) is 0 Å². The van der Waals surface area contributed by atoms with E-state index in [0.717, 1.165) is 28.9 Å². The van der Waals surface area contributed by atoms with Crippen LogP contribution in [0.2, 0.25) is 0 Å². The molecule has 2 aromatic rings. The van der Waals surface area contributed by atoms with Gasteiger partial charge < -0.3 is 10.0 Å². The number of carboxylic acid groups (broad SMARTS) is 1. The van der Waals surface area contributed by atoms with Crippen LogP contribution >= 0.6 is 0 Å². The van der Waals surface area contributed by atoms with Crippen LogP contribution in [0, 0.1) is 6.92 Å². The topological polar surface area (TPSA) is 71.2 Å². The number of likely N-dealkylation sites (tertiary alicyclic amines) is 1. The molecule has 1 amide bonds. The third kappa shape index (κ3) is 2.61. The van der Waals surface area contributed by atoms with Crippen molar-refractivity contribution in [3.63, 3.8) is 0 Å². The zero-order valence-corrected chi connectivity index (χ0v) is 12.2. The second kappa shape index (κ2) is 5.20. The number of carbonyl (C=O) groups is 1. The number of amides is 1. The molecule has 1 aliphatic rings. The number of hydrogen-bond donors (Lipinski definition) is 1. The number of nitrogens with zero attached hydrogens (tertiary/aromatic N) is 4. The van der Waals surface area contributed by atoms with Gasteiger partial charge in [0.2, 0.25) is 0 Å². The van der Waals surface area contributed by atoms with Crippen LogP contribution in [0.4, 0.5) is 4.79 Å². The maximum atomic E-state index is 11.1. The zero-order chi connectivity index (χ0) is 15.0. The molecule has 1 saturated heterocycles. The summed E-state index contributed by atoms with van der Waals surface area (Å²) in [7, 11) is 1.89. The molecule has 1 fully saturated rings. The summed E-state index contributed by atoms with van der Waals surface area (Å²) in [5.74, 6) is 0.186. The molecule has 0 radical (unpaired) electrons. The maximum absolute atomic E-state index is 11.1. The smallest absolute Gasteiger partial charge is 0.407 e. The summed E-state index contributed by atoms with van der Waals surface area (Å²) in [6.07, 6.45) is 3.76. The molecule has 0 spiro atoms. The highest BCUT2D eigenvalue weighted by Crippen LogP contribution is 2.34. The third-order valence-electron chi connectivity index (χ3n) is 3.96. The Hall–Kier alpha value is -2.37. The molecule has 1 atom stereocenters. The van der Waals surface area contributed by atoms with Gasteiger partial charge in [-0.1, -0.05) is 0 Å². The van der Waals surface area contributed by atoms with E-state index in [1.165, 1.54) is 4.90 Å². The van der Waals surface area contributed by atoms with Gasteiger partial charge in [-0.3, -0.25) is 9.67 Å². The normalized spacial score (nSPS) is 18.2. The molecule has 3 heterocycles. The lowest BCUT2D eigenvalue weighted by Crippen LogP contribution is -2.26. The highest BCUT2D eigenvalue weighted by atomic mass is 16.4. The average Bonchev–Trinajstić information content (AvgIpc) is 3.07. The second-order valence-corrected chi connectivity index (χ2v) is 5.50. The van der Waals surface area contributed by atoms with E-state index in [1.54, 1.807) is 4.68 Å². The van der Waals surface area contributed by atoms with Crippen molar-refractivity contribution in [3.05, 3.63) is 35.8 Å². The van der Waals surface area contributed by atoms with Gasteiger partial charge in [-0.05, 0) is 31.0 Å². The molecule has 0 aromatic carbocycles. The van der Waals surface area contributed by atoms with Crippen molar-refractivity contribution in [2.24, 2.45) is 7.05 Å². The number of aryl methyl sites for hydroxylation is 2. The van der Waals surface area contributed by atoms with Crippen LogP contribution in [-0.4, -0.2) is 44.0 Å². The Bertz CT molecular complexity index is 680. The molecule has 0 saturated carbocycles. The largest absolute Gasteiger partial charge is 0.465 e. The Labute approximate surface area is 123 Å². The van der Waals surface area contributed by atoms with Crippen molar-refractivity contribution in [2.45, 2.75) is 19.3 Å². The van der Waals surface area contributed by atoms with Crippen molar-refractivity contribution < 1.29 is 9.90 Å². The van der Waals surface area contributed by atoms with E-state index in [9.17, 15) is 4.79 Å². The first-order valence-corrected chi connectivity index (χ1v) is 6.99. The quantitative estimate of drug-likeness (QED) is 0.919.